The minimum atomic E-state index is 0. The van der Waals surface area contributed by atoms with E-state index in [-0.39, 0.29) is 30.1 Å². The number of nitrogens with one attached hydrogen (secondary N) is 2. The van der Waals surface area contributed by atoms with Gasteiger partial charge < -0.3 is 20.1 Å². The van der Waals surface area contributed by atoms with Crippen molar-refractivity contribution in [3.05, 3.63) is 41.2 Å². The normalized spacial score (nSPS) is 15.2. The van der Waals surface area contributed by atoms with E-state index in [4.69, 9.17) is 14.5 Å². The van der Waals surface area contributed by atoms with Crippen LogP contribution in [-0.4, -0.2) is 41.5 Å². The molecular weight excluding hydrogens is 493 g/mol. The van der Waals surface area contributed by atoms with E-state index in [0.29, 0.717) is 13.2 Å². The highest BCUT2D eigenvalue weighted by molar-refractivity contribution is 14.0. The first-order valence-electron chi connectivity index (χ1n) is 10.5. The molecule has 7 nitrogen and oxygen atoms in total. The molecule has 8 heteroatoms. The predicted octanol–water partition coefficient (Wildman–Crippen LogP) is 3.45. The molecule has 0 fully saturated rings. The van der Waals surface area contributed by atoms with Crippen LogP contribution in [0.15, 0.2) is 29.5 Å². The van der Waals surface area contributed by atoms with Gasteiger partial charge in [0.2, 0.25) is 0 Å². The van der Waals surface area contributed by atoms with E-state index in [9.17, 15) is 0 Å². The van der Waals surface area contributed by atoms with Crippen molar-refractivity contribution in [1.29, 1.82) is 0 Å². The van der Waals surface area contributed by atoms with Gasteiger partial charge in [0.15, 0.2) is 5.96 Å². The van der Waals surface area contributed by atoms with Crippen LogP contribution in [-0.2, 0) is 26.4 Å². The Hall–Kier alpha value is -1.97. The second-order valence-electron chi connectivity index (χ2n) is 7.38. The first kappa shape index (κ1) is 24.3. The number of aryl methyl sites for hydroxylation is 2. The zero-order valence-electron chi connectivity index (χ0n) is 18.4. The molecule has 0 bridgehead atoms. The fourth-order valence-corrected chi connectivity index (χ4v) is 3.50. The van der Waals surface area contributed by atoms with E-state index in [1.807, 2.05) is 24.9 Å². The summed E-state index contributed by atoms with van der Waals surface area (Å²) >= 11 is 0. The molecule has 2 heterocycles. The molecule has 2 N–H and O–H groups in total. The molecule has 1 aliphatic heterocycles. The largest absolute Gasteiger partial charge is 0.494 e. The predicted molar refractivity (Wildman–Crippen MR) is 131 cm³/mol. The van der Waals surface area contributed by atoms with Crippen molar-refractivity contribution in [2.45, 2.75) is 52.7 Å². The Balaban J connectivity index is 0.00000320. The summed E-state index contributed by atoms with van der Waals surface area (Å²) < 4.78 is 13.6. The lowest BCUT2D eigenvalue weighted by Crippen LogP contribution is -2.37. The van der Waals surface area contributed by atoms with Gasteiger partial charge in [0.1, 0.15) is 17.6 Å². The summed E-state index contributed by atoms with van der Waals surface area (Å²) in [5, 5.41) is 10.9. The zero-order valence-corrected chi connectivity index (χ0v) is 20.7. The lowest BCUT2D eigenvalue weighted by atomic mass is 10.1. The number of guanidine groups is 1. The Labute approximate surface area is 196 Å². The van der Waals surface area contributed by atoms with Crippen molar-refractivity contribution in [3.8, 4) is 11.5 Å². The van der Waals surface area contributed by atoms with Crippen LogP contribution in [0.2, 0.25) is 0 Å². The van der Waals surface area contributed by atoms with Crippen LogP contribution in [0.3, 0.4) is 0 Å². The number of rotatable bonds is 9. The first-order valence-corrected chi connectivity index (χ1v) is 10.5. The molecule has 0 amide bonds. The minimum Gasteiger partial charge on any atom is -0.494 e. The summed E-state index contributed by atoms with van der Waals surface area (Å²) in [7, 11) is 1.94. The third kappa shape index (κ3) is 6.78. The van der Waals surface area contributed by atoms with Crippen molar-refractivity contribution in [3.63, 3.8) is 0 Å². The second-order valence-corrected chi connectivity index (χ2v) is 7.38. The van der Waals surface area contributed by atoms with E-state index in [0.717, 1.165) is 55.4 Å². The maximum Gasteiger partial charge on any atom is 0.191 e. The van der Waals surface area contributed by atoms with Gasteiger partial charge in [-0.15, -0.1) is 24.0 Å². The van der Waals surface area contributed by atoms with Gasteiger partial charge in [0.25, 0.3) is 0 Å². The number of aromatic nitrogens is 2. The molecule has 0 aliphatic carbocycles. The Morgan fingerprint density at radius 3 is 2.87 bits per heavy atom. The molecule has 1 unspecified atom stereocenters. The number of hydrogen-bond donors (Lipinski definition) is 2. The van der Waals surface area contributed by atoms with Crippen LogP contribution >= 0.6 is 24.0 Å². The smallest absolute Gasteiger partial charge is 0.191 e. The third-order valence-corrected chi connectivity index (χ3v) is 4.82. The van der Waals surface area contributed by atoms with Gasteiger partial charge in [0, 0.05) is 43.9 Å². The maximum atomic E-state index is 5.92. The first-order chi connectivity index (χ1) is 14.1. The number of aliphatic imine (C=N–C) groups is 1. The molecule has 2 aromatic rings. The summed E-state index contributed by atoms with van der Waals surface area (Å²) in [6.07, 6.45) is 7.15. The Kier molecular flexibility index (Phi) is 9.74. The lowest BCUT2D eigenvalue weighted by molar-refractivity contribution is 0.254. The van der Waals surface area contributed by atoms with E-state index in [1.54, 1.807) is 0 Å². The van der Waals surface area contributed by atoms with E-state index in [2.05, 4.69) is 47.9 Å². The SMILES string of the molecule is CCNC(=NCc1cc2c(cc1OCC)CC(C)O2)NCCCc1cnn(C)c1.I. The van der Waals surface area contributed by atoms with Crippen LogP contribution < -0.4 is 20.1 Å². The average molecular weight is 527 g/mol. The highest BCUT2D eigenvalue weighted by Gasteiger charge is 2.21. The van der Waals surface area contributed by atoms with Crippen LogP contribution in [0.1, 0.15) is 43.9 Å². The van der Waals surface area contributed by atoms with Gasteiger partial charge in [-0.2, -0.15) is 5.10 Å². The number of hydrogen-bond acceptors (Lipinski definition) is 4. The van der Waals surface area contributed by atoms with Crippen LogP contribution in [0, 0.1) is 0 Å². The molecule has 3 rings (SSSR count). The number of benzene rings is 1. The summed E-state index contributed by atoms with van der Waals surface area (Å²) in [4.78, 5) is 4.76. The molecule has 0 saturated carbocycles. The van der Waals surface area contributed by atoms with Crippen molar-refractivity contribution in [2.24, 2.45) is 12.0 Å². The van der Waals surface area contributed by atoms with E-state index >= 15 is 0 Å². The molecule has 0 saturated heterocycles. The summed E-state index contributed by atoms with van der Waals surface area (Å²) in [5.41, 5.74) is 3.52. The molecule has 166 valence electrons. The molecule has 0 spiro atoms. The number of ether oxygens (including phenoxy) is 2. The zero-order chi connectivity index (χ0) is 20.6. The Bertz CT molecular complexity index is 837. The number of nitrogens with zero attached hydrogens (tertiary/aromatic N) is 3. The topological polar surface area (TPSA) is 72.7 Å². The van der Waals surface area contributed by atoms with Crippen LogP contribution in [0.5, 0.6) is 11.5 Å². The molecule has 0 radical (unpaired) electrons. The van der Waals surface area contributed by atoms with Crippen molar-refractivity contribution >= 4 is 29.9 Å². The van der Waals surface area contributed by atoms with Gasteiger partial charge in [0.05, 0.1) is 19.3 Å². The van der Waals surface area contributed by atoms with Gasteiger partial charge in [-0.05, 0) is 51.3 Å². The summed E-state index contributed by atoms with van der Waals surface area (Å²) in [6, 6.07) is 4.20. The standard InChI is InChI=1S/C22H33N5O2.HI/c1-5-23-22(24-9-7-8-17-13-26-27(4)15-17)25-14-19-12-21-18(10-16(3)29-21)11-20(19)28-6-2;/h11-13,15-16H,5-10,14H2,1-4H3,(H2,23,24,25);1H. The molecule has 1 atom stereocenters. The monoisotopic (exact) mass is 527 g/mol. The van der Waals surface area contributed by atoms with Gasteiger partial charge in [-0.25, -0.2) is 4.99 Å². The highest BCUT2D eigenvalue weighted by Crippen LogP contribution is 2.35. The van der Waals surface area contributed by atoms with Crippen molar-refractivity contribution in [2.75, 3.05) is 19.7 Å². The van der Waals surface area contributed by atoms with Crippen LogP contribution in [0.4, 0.5) is 0 Å². The summed E-state index contributed by atoms with van der Waals surface area (Å²) in [6.45, 7) is 9.02. The fraction of sp³-hybridized carbons (Fsp3) is 0.545. The number of fused-ring (bicyclic) bond motifs is 1. The highest BCUT2D eigenvalue weighted by atomic mass is 127. The van der Waals surface area contributed by atoms with Gasteiger partial charge in [-0.3, -0.25) is 4.68 Å². The van der Waals surface area contributed by atoms with Crippen LogP contribution in [0.25, 0.3) is 0 Å². The average Bonchev–Trinajstić information content (AvgIpc) is 3.27. The van der Waals surface area contributed by atoms with E-state index in [1.165, 1.54) is 11.1 Å². The Morgan fingerprint density at radius 1 is 1.33 bits per heavy atom. The van der Waals surface area contributed by atoms with Gasteiger partial charge in [-0.1, -0.05) is 0 Å². The lowest BCUT2D eigenvalue weighted by Gasteiger charge is -2.14. The quantitative estimate of drug-likeness (QED) is 0.226. The molecule has 1 aromatic carbocycles. The maximum absolute atomic E-state index is 5.92. The van der Waals surface area contributed by atoms with Crippen molar-refractivity contribution in [1.82, 2.24) is 20.4 Å². The van der Waals surface area contributed by atoms with E-state index < -0.39 is 0 Å². The molecular formula is C22H34IN5O2. The van der Waals surface area contributed by atoms with Gasteiger partial charge >= 0.3 is 0 Å². The van der Waals surface area contributed by atoms with Crippen molar-refractivity contribution < 1.29 is 9.47 Å². The molecule has 1 aromatic heterocycles. The fourth-order valence-electron chi connectivity index (χ4n) is 3.50. The minimum absolute atomic E-state index is 0. The summed E-state index contributed by atoms with van der Waals surface area (Å²) in [5.74, 6) is 2.68. The number of halogens is 1. The molecule has 1 aliphatic rings. The third-order valence-electron chi connectivity index (χ3n) is 4.82. The molecule has 30 heavy (non-hydrogen) atoms. The Morgan fingerprint density at radius 2 is 2.17 bits per heavy atom. The second kappa shape index (κ2) is 12.0.